The van der Waals surface area contributed by atoms with Gasteiger partial charge in [0.15, 0.2) is 0 Å². The third-order valence-corrected chi connectivity index (χ3v) is 3.11. The normalized spacial score (nSPS) is 10.7. The lowest BCUT2D eigenvalue weighted by Crippen LogP contribution is -2.06. The van der Waals surface area contributed by atoms with E-state index in [2.05, 4.69) is 16.5 Å². The molecule has 2 rings (SSSR count). The van der Waals surface area contributed by atoms with Crippen molar-refractivity contribution in [2.45, 2.75) is 26.3 Å². The van der Waals surface area contributed by atoms with Crippen LogP contribution in [0.4, 0.5) is 5.69 Å². The predicted octanol–water partition coefficient (Wildman–Crippen LogP) is 3.12. The van der Waals surface area contributed by atoms with Gasteiger partial charge in [-0.05, 0) is 18.6 Å². The van der Waals surface area contributed by atoms with E-state index < -0.39 is 0 Å². The van der Waals surface area contributed by atoms with Crippen LogP contribution in [0.2, 0.25) is 5.02 Å². The minimum absolute atomic E-state index is 0.681. The summed E-state index contributed by atoms with van der Waals surface area (Å²) in [6.45, 7) is 2.82. The van der Waals surface area contributed by atoms with E-state index >= 15 is 0 Å². The molecule has 1 aromatic heterocycles. The van der Waals surface area contributed by atoms with Crippen LogP contribution in [0.15, 0.2) is 30.6 Å². The quantitative estimate of drug-likeness (QED) is 0.846. The van der Waals surface area contributed by atoms with Crippen molar-refractivity contribution in [1.29, 1.82) is 0 Å². The predicted molar refractivity (Wildman–Crippen MR) is 71.2 cm³/mol. The average molecular weight is 250 g/mol. The molecule has 0 atom stereocenters. The number of aromatic nitrogens is 2. The molecule has 0 saturated carbocycles. The number of aryl methyl sites for hydroxylation is 1. The maximum atomic E-state index is 6.16. The van der Waals surface area contributed by atoms with Crippen LogP contribution in [-0.2, 0) is 13.0 Å². The Hall–Kier alpha value is -1.48. The van der Waals surface area contributed by atoms with Gasteiger partial charge in [-0.2, -0.15) is 0 Å². The van der Waals surface area contributed by atoms with Crippen LogP contribution in [0.3, 0.4) is 0 Å². The molecule has 1 heterocycles. The first-order valence-corrected chi connectivity index (χ1v) is 6.13. The maximum absolute atomic E-state index is 6.16. The number of benzene rings is 1. The molecule has 0 bridgehead atoms. The zero-order chi connectivity index (χ0) is 12.3. The van der Waals surface area contributed by atoms with Gasteiger partial charge in [0, 0.05) is 35.1 Å². The number of anilines is 1. The molecule has 0 aliphatic carbocycles. The molecule has 4 heteroatoms. The summed E-state index contributed by atoms with van der Waals surface area (Å²) in [5.74, 6) is 1.08. The number of halogens is 1. The lowest BCUT2D eigenvalue weighted by molar-refractivity contribution is 0.706. The highest BCUT2D eigenvalue weighted by molar-refractivity contribution is 6.31. The first kappa shape index (κ1) is 12.0. The minimum Gasteiger partial charge on any atom is -0.398 e. The van der Waals surface area contributed by atoms with Gasteiger partial charge in [-0.15, -0.1) is 0 Å². The number of imidazole rings is 1. The van der Waals surface area contributed by atoms with Crippen molar-refractivity contribution in [1.82, 2.24) is 9.55 Å². The summed E-state index contributed by atoms with van der Waals surface area (Å²) in [7, 11) is 0. The summed E-state index contributed by atoms with van der Waals surface area (Å²) in [4.78, 5) is 4.34. The Kier molecular flexibility index (Phi) is 3.69. The lowest BCUT2D eigenvalue weighted by Gasteiger charge is -2.11. The van der Waals surface area contributed by atoms with Crippen LogP contribution in [-0.4, -0.2) is 9.55 Å². The Morgan fingerprint density at radius 2 is 2.24 bits per heavy atom. The van der Waals surface area contributed by atoms with Crippen LogP contribution in [0.5, 0.6) is 0 Å². The molecular formula is C13H16ClN3. The van der Waals surface area contributed by atoms with Gasteiger partial charge in [0.05, 0.1) is 6.54 Å². The van der Waals surface area contributed by atoms with Gasteiger partial charge in [-0.1, -0.05) is 24.6 Å². The number of nitrogen functional groups attached to an aromatic ring is 1. The summed E-state index contributed by atoms with van der Waals surface area (Å²) < 4.78 is 2.10. The molecule has 3 nitrogen and oxygen atoms in total. The fourth-order valence-corrected chi connectivity index (χ4v) is 2.09. The van der Waals surface area contributed by atoms with Gasteiger partial charge < -0.3 is 10.3 Å². The molecule has 0 spiro atoms. The molecule has 90 valence electrons. The summed E-state index contributed by atoms with van der Waals surface area (Å²) >= 11 is 6.16. The van der Waals surface area contributed by atoms with Crippen molar-refractivity contribution in [3.05, 3.63) is 47.0 Å². The Balaban J connectivity index is 2.28. The van der Waals surface area contributed by atoms with Crippen molar-refractivity contribution < 1.29 is 0 Å². The van der Waals surface area contributed by atoms with E-state index in [1.54, 1.807) is 0 Å². The van der Waals surface area contributed by atoms with Crippen LogP contribution < -0.4 is 5.73 Å². The van der Waals surface area contributed by atoms with E-state index in [0.29, 0.717) is 11.6 Å². The van der Waals surface area contributed by atoms with Crippen LogP contribution in [0, 0.1) is 0 Å². The van der Waals surface area contributed by atoms with E-state index in [1.807, 2.05) is 30.6 Å². The summed E-state index contributed by atoms with van der Waals surface area (Å²) in [5, 5.41) is 0.709. The number of hydrogen-bond donors (Lipinski definition) is 1. The Morgan fingerprint density at radius 1 is 1.41 bits per heavy atom. The first-order valence-electron chi connectivity index (χ1n) is 5.75. The largest absolute Gasteiger partial charge is 0.398 e. The van der Waals surface area contributed by atoms with Crippen molar-refractivity contribution in [3.8, 4) is 0 Å². The maximum Gasteiger partial charge on any atom is 0.108 e. The second-order valence-electron chi connectivity index (χ2n) is 4.03. The number of nitrogens with zero attached hydrogens (tertiary/aromatic N) is 2. The van der Waals surface area contributed by atoms with E-state index in [9.17, 15) is 0 Å². The van der Waals surface area contributed by atoms with Crippen molar-refractivity contribution in [3.63, 3.8) is 0 Å². The van der Waals surface area contributed by atoms with Crippen LogP contribution in [0.25, 0.3) is 0 Å². The van der Waals surface area contributed by atoms with Crippen molar-refractivity contribution >= 4 is 17.3 Å². The molecule has 0 radical (unpaired) electrons. The fraction of sp³-hybridized carbons (Fsp3) is 0.308. The second-order valence-corrected chi connectivity index (χ2v) is 4.44. The SMILES string of the molecule is CCCc1nccn1Cc1c(N)cccc1Cl. The second kappa shape index (κ2) is 5.23. The average Bonchev–Trinajstić information content (AvgIpc) is 2.72. The monoisotopic (exact) mass is 249 g/mol. The van der Waals surface area contributed by atoms with Crippen LogP contribution >= 0.6 is 11.6 Å². The minimum atomic E-state index is 0.681. The zero-order valence-electron chi connectivity index (χ0n) is 9.86. The van der Waals surface area contributed by atoms with Gasteiger partial charge in [0.2, 0.25) is 0 Å². The smallest absolute Gasteiger partial charge is 0.108 e. The van der Waals surface area contributed by atoms with Crippen molar-refractivity contribution in [2.75, 3.05) is 5.73 Å². The molecule has 0 fully saturated rings. The number of nitrogens with two attached hydrogens (primary N) is 1. The van der Waals surface area contributed by atoms with Gasteiger partial charge in [-0.3, -0.25) is 0 Å². The molecule has 0 amide bonds. The summed E-state index contributed by atoms with van der Waals surface area (Å²) in [5.41, 5.74) is 7.64. The standard InChI is InChI=1S/C13H16ClN3/c1-2-4-13-16-7-8-17(13)9-10-11(14)5-3-6-12(10)15/h3,5-8H,2,4,9,15H2,1H3. The first-order chi connectivity index (χ1) is 8.22. The summed E-state index contributed by atoms with van der Waals surface area (Å²) in [6.07, 6.45) is 5.83. The number of hydrogen-bond acceptors (Lipinski definition) is 2. The Labute approximate surface area is 106 Å². The third-order valence-electron chi connectivity index (χ3n) is 2.76. The highest BCUT2D eigenvalue weighted by Gasteiger charge is 2.08. The zero-order valence-corrected chi connectivity index (χ0v) is 10.6. The van der Waals surface area contributed by atoms with Gasteiger partial charge >= 0.3 is 0 Å². The Bertz CT molecular complexity index is 485. The van der Waals surface area contributed by atoms with E-state index in [4.69, 9.17) is 17.3 Å². The van der Waals surface area contributed by atoms with E-state index in [-0.39, 0.29) is 0 Å². The van der Waals surface area contributed by atoms with Gasteiger partial charge in [-0.25, -0.2) is 4.98 Å². The van der Waals surface area contributed by atoms with Crippen molar-refractivity contribution in [2.24, 2.45) is 0 Å². The van der Waals surface area contributed by atoms with Gasteiger partial charge in [0.1, 0.15) is 5.82 Å². The molecule has 1 aromatic carbocycles. The highest BCUT2D eigenvalue weighted by Crippen LogP contribution is 2.23. The fourth-order valence-electron chi connectivity index (χ4n) is 1.85. The van der Waals surface area contributed by atoms with E-state index in [0.717, 1.165) is 29.9 Å². The molecule has 2 N–H and O–H groups in total. The van der Waals surface area contributed by atoms with Gasteiger partial charge in [0.25, 0.3) is 0 Å². The molecule has 0 aliphatic rings. The molecule has 0 saturated heterocycles. The number of rotatable bonds is 4. The van der Waals surface area contributed by atoms with Crippen LogP contribution in [0.1, 0.15) is 24.7 Å². The molecule has 0 aliphatic heterocycles. The van der Waals surface area contributed by atoms with E-state index in [1.165, 1.54) is 0 Å². The third kappa shape index (κ3) is 2.61. The molecule has 2 aromatic rings. The topological polar surface area (TPSA) is 43.8 Å². The molecular weight excluding hydrogens is 234 g/mol. The summed E-state index contributed by atoms with van der Waals surface area (Å²) in [6, 6.07) is 5.60. The molecule has 0 unspecified atom stereocenters. The lowest BCUT2D eigenvalue weighted by atomic mass is 10.1. The Morgan fingerprint density at radius 3 is 2.94 bits per heavy atom. The highest BCUT2D eigenvalue weighted by atomic mass is 35.5. The molecule has 17 heavy (non-hydrogen) atoms.